The van der Waals surface area contributed by atoms with Crippen molar-refractivity contribution in [3.63, 3.8) is 0 Å². The summed E-state index contributed by atoms with van der Waals surface area (Å²) in [6, 6.07) is 12.4. The van der Waals surface area contributed by atoms with E-state index in [1.54, 1.807) is 0 Å². The van der Waals surface area contributed by atoms with E-state index in [9.17, 15) is 0 Å². The van der Waals surface area contributed by atoms with Gasteiger partial charge in [0.2, 0.25) is 6.79 Å². The van der Waals surface area contributed by atoms with E-state index in [0.29, 0.717) is 6.79 Å². The molecule has 0 bridgehead atoms. The van der Waals surface area contributed by atoms with E-state index >= 15 is 0 Å². The van der Waals surface area contributed by atoms with Crippen molar-refractivity contribution in [2.75, 3.05) is 19.9 Å². The monoisotopic (exact) mass is 315 g/mol. The Balaban J connectivity index is 1.42. The zero-order valence-corrected chi connectivity index (χ0v) is 13.1. The van der Waals surface area contributed by atoms with Gasteiger partial charge in [-0.15, -0.1) is 0 Å². The maximum absolute atomic E-state index is 5.93. The second-order valence-electron chi connectivity index (χ2n) is 5.88. The Labute approximate surface area is 135 Å². The van der Waals surface area contributed by atoms with Crippen LogP contribution in [0, 0.1) is 0 Å². The van der Waals surface area contributed by atoms with Gasteiger partial charge in [-0.05, 0) is 53.8 Å². The highest BCUT2D eigenvalue weighted by Crippen LogP contribution is 2.36. The number of ether oxygens (including phenoxy) is 2. The van der Waals surface area contributed by atoms with Crippen LogP contribution in [0.15, 0.2) is 36.4 Å². The molecule has 0 aromatic heterocycles. The highest BCUT2D eigenvalue weighted by molar-refractivity contribution is 6.30. The van der Waals surface area contributed by atoms with Crippen LogP contribution in [0.25, 0.3) is 0 Å². The zero-order valence-electron chi connectivity index (χ0n) is 12.3. The summed E-state index contributed by atoms with van der Waals surface area (Å²) >= 11 is 5.93. The number of halogens is 1. The molecule has 0 radical (unpaired) electrons. The molecule has 0 saturated heterocycles. The van der Waals surface area contributed by atoms with E-state index in [2.05, 4.69) is 29.2 Å². The van der Waals surface area contributed by atoms with Crippen molar-refractivity contribution < 1.29 is 9.47 Å². The van der Waals surface area contributed by atoms with Gasteiger partial charge in [0.05, 0.1) is 0 Å². The standard InChI is InChI=1S/C18H18ClNO2/c19-16-3-1-13(2-4-16)5-7-20-8-6-14-9-17-18(22-12-21-17)10-15(14)11-20/h1-4,9-10H,5-8,11-12H2. The van der Waals surface area contributed by atoms with Crippen molar-refractivity contribution in [3.05, 3.63) is 58.1 Å². The molecule has 0 fully saturated rings. The number of fused-ring (bicyclic) bond motifs is 2. The van der Waals surface area contributed by atoms with Crippen LogP contribution in [0.2, 0.25) is 5.02 Å². The molecule has 2 aliphatic rings. The Morgan fingerprint density at radius 1 is 1.00 bits per heavy atom. The van der Waals surface area contributed by atoms with Crippen LogP contribution in [-0.4, -0.2) is 24.8 Å². The maximum Gasteiger partial charge on any atom is 0.231 e. The third-order valence-electron chi connectivity index (χ3n) is 4.42. The average molecular weight is 316 g/mol. The smallest absolute Gasteiger partial charge is 0.231 e. The zero-order chi connectivity index (χ0) is 14.9. The van der Waals surface area contributed by atoms with Gasteiger partial charge in [0.25, 0.3) is 0 Å². The molecule has 0 N–H and O–H groups in total. The fourth-order valence-electron chi connectivity index (χ4n) is 3.13. The molecule has 0 spiro atoms. The van der Waals surface area contributed by atoms with Gasteiger partial charge >= 0.3 is 0 Å². The summed E-state index contributed by atoms with van der Waals surface area (Å²) in [6.45, 7) is 3.49. The Bertz CT molecular complexity index is 684. The molecule has 2 aliphatic heterocycles. The second kappa shape index (κ2) is 5.82. The van der Waals surface area contributed by atoms with E-state index in [-0.39, 0.29) is 0 Å². The highest BCUT2D eigenvalue weighted by atomic mass is 35.5. The minimum Gasteiger partial charge on any atom is -0.454 e. The largest absolute Gasteiger partial charge is 0.454 e. The van der Waals surface area contributed by atoms with Crippen LogP contribution < -0.4 is 9.47 Å². The van der Waals surface area contributed by atoms with E-state index in [1.165, 1.54) is 16.7 Å². The summed E-state index contributed by atoms with van der Waals surface area (Å²) in [4.78, 5) is 2.50. The first-order valence-electron chi connectivity index (χ1n) is 7.66. The van der Waals surface area contributed by atoms with Crippen LogP contribution >= 0.6 is 11.6 Å². The molecule has 0 amide bonds. The van der Waals surface area contributed by atoms with Crippen LogP contribution in [0.4, 0.5) is 0 Å². The maximum atomic E-state index is 5.93. The van der Waals surface area contributed by atoms with E-state index in [1.807, 2.05) is 12.1 Å². The first-order chi connectivity index (χ1) is 10.8. The van der Waals surface area contributed by atoms with Crippen LogP contribution in [-0.2, 0) is 19.4 Å². The van der Waals surface area contributed by atoms with Gasteiger partial charge in [-0.25, -0.2) is 0 Å². The lowest BCUT2D eigenvalue weighted by atomic mass is 9.98. The van der Waals surface area contributed by atoms with E-state index < -0.39 is 0 Å². The first kappa shape index (κ1) is 13.9. The molecular formula is C18H18ClNO2. The molecule has 2 aromatic rings. The summed E-state index contributed by atoms with van der Waals surface area (Å²) in [5, 5.41) is 0.798. The molecule has 0 aliphatic carbocycles. The Morgan fingerprint density at radius 2 is 1.73 bits per heavy atom. The molecule has 0 saturated carbocycles. The average Bonchev–Trinajstić information content (AvgIpc) is 2.99. The Hall–Kier alpha value is -1.71. The SMILES string of the molecule is Clc1ccc(CCN2CCc3cc4c(cc3C2)OCO4)cc1. The molecule has 22 heavy (non-hydrogen) atoms. The number of rotatable bonds is 3. The number of nitrogens with zero attached hydrogens (tertiary/aromatic N) is 1. The third kappa shape index (κ3) is 2.79. The summed E-state index contributed by atoms with van der Waals surface area (Å²) < 4.78 is 10.9. The fraction of sp³-hybridized carbons (Fsp3) is 0.333. The summed E-state index contributed by atoms with van der Waals surface area (Å²) in [6.07, 6.45) is 2.13. The predicted molar refractivity (Wildman–Crippen MR) is 86.7 cm³/mol. The fourth-order valence-corrected chi connectivity index (χ4v) is 3.26. The van der Waals surface area contributed by atoms with Gasteiger partial charge < -0.3 is 9.47 Å². The lowest BCUT2D eigenvalue weighted by Crippen LogP contribution is -2.32. The van der Waals surface area contributed by atoms with Gasteiger partial charge in [-0.3, -0.25) is 4.90 Å². The van der Waals surface area contributed by atoms with Crippen molar-refractivity contribution in [3.8, 4) is 11.5 Å². The van der Waals surface area contributed by atoms with Crippen molar-refractivity contribution in [2.45, 2.75) is 19.4 Å². The molecule has 4 rings (SSSR count). The third-order valence-corrected chi connectivity index (χ3v) is 4.67. The number of hydrogen-bond donors (Lipinski definition) is 0. The molecule has 114 valence electrons. The lowest BCUT2D eigenvalue weighted by Gasteiger charge is -2.29. The Kier molecular flexibility index (Phi) is 3.68. The second-order valence-corrected chi connectivity index (χ2v) is 6.31. The van der Waals surface area contributed by atoms with Gasteiger partial charge in [0.1, 0.15) is 0 Å². The molecule has 4 heteroatoms. The number of hydrogen-bond acceptors (Lipinski definition) is 3. The molecule has 2 aromatic carbocycles. The first-order valence-corrected chi connectivity index (χ1v) is 8.04. The van der Waals surface area contributed by atoms with Crippen molar-refractivity contribution in [1.82, 2.24) is 4.90 Å². The highest BCUT2D eigenvalue weighted by Gasteiger charge is 2.21. The molecule has 3 nitrogen and oxygen atoms in total. The molecular weight excluding hydrogens is 298 g/mol. The van der Waals surface area contributed by atoms with Crippen LogP contribution in [0.1, 0.15) is 16.7 Å². The van der Waals surface area contributed by atoms with Gasteiger partial charge in [0, 0.05) is 24.7 Å². The summed E-state index contributed by atoms with van der Waals surface area (Å²) in [7, 11) is 0. The summed E-state index contributed by atoms with van der Waals surface area (Å²) in [5.41, 5.74) is 4.10. The van der Waals surface area contributed by atoms with E-state index in [0.717, 1.165) is 49.0 Å². The predicted octanol–water partition coefficient (Wildman–Crippen LogP) is 3.67. The minimum absolute atomic E-state index is 0.346. The molecule has 2 heterocycles. The minimum atomic E-state index is 0.346. The number of benzene rings is 2. The molecule has 0 atom stereocenters. The lowest BCUT2D eigenvalue weighted by molar-refractivity contribution is 0.174. The van der Waals surface area contributed by atoms with Crippen molar-refractivity contribution in [1.29, 1.82) is 0 Å². The van der Waals surface area contributed by atoms with Crippen LogP contribution in [0.3, 0.4) is 0 Å². The van der Waals surface area contributed by atoms with Crippen molar-refractivity contribution in [2.24, 2.45) is 0 Å². The molecule has 0 unspecified atom stereocenters. The topological polar surface area (TPSA) is 21.7 Å². The van der Waals surface area contributed by atoms with Crippen LogP contribution in [0.5, 0.6) is 11.5 Å². The van der Waals surface area contributed by atoms with E-state index in [4.69, 9.17) is 21.1 Å². The van der Waals surface area contributed by atoms with Gasteiger partial charge in [-0.2, -0.15) is 0 Å². The normalized spacial score (nSPS) is 16.6. The summed E-state index contributed by atoms with van der Waals surface area (Å²) in [5.74, 6) is 1.78. The quantitative estimate of drug-likeness (QED) is 0.862. The Morgan fingerprint density at radius 3 is 2.50 bits per heavy atom. The van der Waals surface area contributed by atoms with Gasteiger partial charge in [-0.1, -0.05) is 23.7 Å². The van der Waals surface area contributed by atoms with Crippen molar-refractivity contribution >= 4 is 11.6 Å². The van der Waals surface area contributed by atoms with Gasteiger partial charge in [0.15, 0.2) is 11.5 Å².